The van der Waals surface area contributed by atoms with Gasteiger partial charge in [-0.25, -0.2) is 0 Å². The zero-order chi connectivity index (χ0) is 10.8. The summed E-state index contributed by atoms with van der Waals surface area (Å²) < 4.78 is 0. The molecule has 4 N–H and O–H groups in total. The van der Waals surface area contributed by atoms with E-state index in [1.807, 2.05) is 32.2 Å². The lowest BCUT2D eigenvalue weighted by molar-refractivity contribution is 0.516. The average Bonchev–Trinajstić information content (AvgIpc) is 2.06. The van der Waals surface area contributed by atoms with Gasteiger partial charge in [-0.05, 0) is 44.2 Å². The van der Waals surface area contributed by atoms with Crippen molar-refractivity contribution in [3.63, 3.8) is 0 Å². The van der Waals surface area contributed by atoms with Crippen molar-refractivity contribution in [1.29, 1.82) is 0 Å². The predicted octanol–water partition coefficient (Wildman–Crippen LogP) is 2.27. The van der Waals surface area contributed by atoms with Crippen molar-refractivity contribution < 1.29 is 0 Å². The van der Waals surface area contributed by atoms with Gasteiger partial charge in [-0.15, -0.1) is 11.8 Å². The Labute approximate surface area is 90.1 Å². The van der Waals surface area contributed by atoms with Gasteiger partial charge in [0.25, 0.3) is 0 Å². The van der Waals surface area contributed by atoms with Gasteiger partial charge in [0.15, 0.2) is 0 Å². The summed E-state index contributed by atoms with van der Waals surface area (Å²) in [6, 6.07) is 6.12. The van der Waals surface area contributed by atoms with Crippen molar-refractivity contribution in [2.45, 2.75) is 30.7 Å². The summed E-state index contributed by atoms with van der Waals surface area (Å²) in [5, 5.41) is 0. The molecular formula is C11H18N2S. The lowest BCUT2D eigenvalue weighted by Crippen LogP contribution is -2.34. The first-order valence-electron chi connectivity index (χ1n) is 4.63. The Morgan fingerprint density at radius 1 is 1.36 bits per heavy atom. The fourth-order valence-corrected chi connectivity index (χ4v) is 1.96. The number of rotatable bonds is 3. The van der Waals surface area contributed by atoms with Gasteiger partial charge in [-0.3, -0.25) is 0 Å². The molecule has 0 heterocycles. The minimum Gasteiger partial charge on any atom is -0.398 e. The fraction of sp³-hybridized carbons (Fsp3) is 0.455. The Balaban J connectivity index is 2.90. The van der Waals surface area contributed by atoms with Crippen LogP contribution in [0.4, 0.5) is 5.69 Å². The molecule has 14 heavy (non-hydrogen) atoms. The number of hydrogen-bond acceptors (Lipinski definition) is 3. The molecule has 0 radical (unpaired) electrons. The molecule has 0 unspecified atom stereocenters. The molecule has 0 amide bonds. The van der Waals surface area contributed by atoms with E-state index in [1.165, 1.54) is 5.56 Å². The van der Waals surface area contributed by atoms with E-state index in [0.29, 0.717) is 0 Å². The van der Waals surface area contributed by atoms with Crippen LogP contribution in [0.15, 0.2) is 23.1 Å². The molecule has 0 fully saturated rings. The van der Waals surface area contributed by atoms with Crippen molar-refractivity contribution in [3.05, 3.63) is 23.8 Å². The second kappa shape index (κ2) is 4.24. The number of anilines is 1. The van der Waals surface area contributed by atoms with Gasteiger partial charge < -0.3 is 11.5 Å². The van der Waals surface area contributed by atoms with Crippen molar-refractivity contribution >= 4 is 17.4 Å². The molecule has 0 aliphatic rings. The normalized spacial score (nSPS) is 11.7. The molecule has 0 bridgehead atoms. The van der Waals surface area contributed by atoms with Crippen LogP contribution in [-0.2, 0) is 6.42 Å². The maximum atomic E-state index is 5.96. The van der Waals surface area contributed by atoms with Gasteiger partial charge >= 0.3 is 0 Å². The van der Waals surface area contributed by atoms with Gasteiger partial charge in [0.05, 0.1) is 0 Å². The first-order chi connectivity index (χ1) is 6.42. The number of hydrogen-bond donors (Lipinski definition) is 2. The molecule has 0 atom stereocenters. The number of nitrogens with two attached hydrogens (primary N) is 2. The van der Waals surface area contributed by atoms with E-state index in [9.17, 15) is 0 Å². The van der Waals surface area contributed by atoms with Gasteiger partial charge in [0.2, 0.25) is 0 Å². The van der Waals surface area contributed by atoms with Crippen LogP contribution in [0, 0.1) is 0 Å². The van der Waals surface area contributed by atoms with Gasteiger partial charge in [-0.2, -0.15) is 0 Å². The molecule has 0 aliphatic heterocycles. The van der Waals surface area contributed by atoms with E-state index < -0.39 is 0 Å². The smallest absolute Gasteiger partial charge is 0.0452 e. The molecule has 0 aromatic heterocycles. The Morgan fingerprint density at radius 3 is 2.50 bits per heavy atom. The molecule has 78 valence electrons. The minimum absolute atomic E-state index is 0.161. The second-order valence-electron chi connectivity index (χ2n) is 4.24. The topological polar surface area (TPSA) is 52.0 Å². The van der Waals surface area contributed by atoms with Crippen LogP contribution >= 0.6 is 11.8 Å². The Bertz CT molecular complexity index is 316. The van der Waals surface area contributed by atoms with Gasteiger partial charge in [0, 0.05) is 16.1 Å². The summed E-state index contributed by atoms with van der Waals surface area (Å²) in [4.78, 5) is 1.13. The van der Waals surface area contributed by atoms with E-state index in [4.69, 9.17) is 11.5 Å². The Hall–Kier alpha value is -0.670. The molecule has 2 nitrogen and oxygen atoms in total. The zero-order valence-corrected chi connectivity index (χ0v) is 9.82. The standard InChI is InChI=1S/C11H18N2S/c1-11(2,13)7-8-4-5-9(12)10(6-8)14-3/h4-6H,7,12-13H2,1-3H3. The maximum Gasteiger partial charge on any atom is 0.0452 e. The quantitative estimate of drug-likeness (QED) is 0.594. The highest BCUT2D eigenvalue weighted by molar-refractivity contribution is 7.98. The molecule has 1 aromatic rings. The summed E-state index contributed by atoms with van der Waals surface area (Å²) in [7, 11) is 0. The van der Waals surface area contributed by atoms with E-state index in [0.717, 1.165) is 17.0 Å². The number of benzene rings is 1. The lowest BCUT2D eigenvalue weighted by atomic mass is 9.96. The molecule has 0 aliphatic carbocycles. The van der Waals surface area contributed by atoms with Crippen molar-refractivity contribution in [2.75, 3.05) is 12.0 Å². The number of thioether (sulfide) groups is 1. The summed E-state index contributed by atoms with van der Waals surface area (Å²) >= 11 is 1.67. The predicted molar refractivity (Wildman–Crippen MR) is 64.6 cm³/mol. The molecule has 0 spiro atoms. The van der Waals surface area contributed by atoms with Crippen molar-refractivity contribution in [1.82, 2.24) is 0 Å². The third-order valence-corrected chi connectivity index (χ3v) is 2.75. The molecule has 1 aromatic carbocycles. The third kappa shape index (κ3) is 3.24. The largest absolute Gasteiger partial charge is 0.398 e. The highest BCUT2D eigenvalue weighted by atomic mass is 32.2. The minimum atomic E-state index is -0.161. The molecule has 0 saturated carbocycles. The number of nitrogen functional groups attached to an aromatic ring is 1. The monoisotopic (exact) mass is 210 g/mol. The summed E-state index contributed by atoms with van der Waals surface area (Å²) in [5.41, 5.74) is 13.7. The second-order valence-corrected chi connectivity index (χ2v) is 5.09. The van der Waals surface area contributed by atoms with Gasteiger partial charge in [-0.1, -0.05) is 6.07 Å². The van der Waals surface area contributed by atoms with Gasteiger partial charge in [0.1, 0.15) is 0 Å². The van der Waals surface area contributed by atoms with Crippen LogP contribution < -0.4 is 11.5 Å². The van der Waals surface area contributed by atoms with Crippen LogP contribution in [0.1, 0.15) is 19.4 Å². The van der Waals surface area contributed by atoms with E-state index in [2.05, 4.69) is 6.07 Å². The lowest BCUT2D eigenvalue weighted by Gasteiger charge is -2.19. The zero-order valence-electron chi connectivity index (χ0n) is 9.00. The van der Waals surface area contributed by atoms with E-state index in [-0.39, 0.29) is 5.54 Å². The SMILES string of the molecule is CSc1cc(CC(C)(C)N)ccc1N. The first-order valence-corrected chi connectivity index (χ1v) is 5.86. The van der Waals surface area contributed by atoms with Crippen molar-refractivity contribution in [2.24, 2.45) is 5.73 Å². The first kappa shape index (κ1) is 11.4. The van der Waals surface area contributed by atoms with E-state index in [1.54, 1.807) is 11.8 Å². The molecule has 1 rings (SSSR count). The Kier molecular flexibility index (Phi) is 3.45. The van der Waals surface area contributed by atoms with Crippen LogP contribution in [0.2, 0.25) is 0 Å². The van der Waals surface area contributed by atoms with Crippen LogP contribution in [0.5, 0.6) is 0 Å². The summed E-state index contributed by atoms with van der Waals surface area (Å²) in [6.45, 7) is 4.06. The molecule has 3 heteroatoms. The van der Waals surface area contributed by atoms with E-state index >= 15 is 0 Å². The molecular weight excluding hydrogens is 192 g/mol. The fourth-order valence-electron chi connectivity index (χ4n) is 1.39. The third-order valence-electron chi connectivity index (χ3n) is 1.96. The van der Waals surface area contributed by atoms with Crippen LogP contribution in [0.3, 0.4) is 0 Å². The summed E-state index contributed by atoms with van der Waals surface area (Å²) in [5.74, 6) is 0. The molecule has 0 saturated heterocycles. The Morgan fingerprint density at radius 2 is 2.00 bits per heavy atom. The summed E-state index contributed by atoms with van der Waals surface area (Å²) in [6.07, 6.45) is 2.91. The highest BCUT2D eigenvalue weighted by Crippen LogP contribution is 2.25. The van der Waals surface area contributed by atoms with Crippen LogP contribution in [0.25, 0.3) is 0 Å². The van der Waals surface area contributed by atoms with Crippen molar-refractivity contribution in [3.8, 4) is 0 Å². The van der Waals surface area contributed by atoms with Crippen LogP contribution in [-0.4, -0.2) is 11.8 Å². The highest BCUT2D eigenvalue weighted by Gasteiger charge is 2.12. The maximum absolute atomic E-state index is 5.96. The average molecular weight is 210 g/mol.